The van der Waals surface area contributed by atoms with Crippen molar-refractivity contribution in [3.8, 4) is 0 Å². The molecule has 0 aliphatic carbocycles. The van der Waals surface area contributed by atoms with E-state index in [4.69, 9.17) is 0 Å². The molecule has 1 saturated heterocycles. The monoisotopic (exact) mass is 270 g/mol. The van der Waals surface area contributed by atoms with Crippen molar-refractivity contribution in [2.24, 2.45) is 5.41 Å². The van der Waals surface area contributed by atoms with E-state index in [1.165, 1.54) is 19.3 Å². The summed E-state index contributed by atoms with van der Waals surface area (Å²) in [6.07, 6.45) is 4.86. The first-order valence-corrected chi connectivity index (χ1v) is 7.89. The normalized spacial score (nSPS) is 24.6. The number of rotatable bonds is 7. The molecule has 0 bridgehead atoms. The van der Waals surface area contributed by atoms with Gasteiger partial charge < -0.3 is 10.4 Å². The molecule has 1 heterocycles. The summed E-state index contributed by atoms with van der Waals surface area (Å²) in [4.78, 5) is 2.50. The minimum atomic E-state index is 0.177. The Morgan fingerprint density at radius 1 is 1.26 bits per heavy atom. The first kappa shape index (κ1) is 16.9. The third-order valence-corrected chi connectivity index (χ3v) is 4.19. The van der Waals surface area contributed by atoms with E-state index in [1.807, 2.05) is 0 Å². The topological polar surface area (TPSA) is 35.5 Å². The Kier molecular flexibility index (Phi) is 6.28. The van der Waals surface area contributed by atoms with E-state index < -0.39 is 0 Å². The molecule has 3 nitrogen and oxygen atoms in total. The van der Waals surface area contributed by atoms with Gasteiger partial charge >= 0.3 is 0 Å². The second-order valence-corrected chi connectivity index (χ2v) is 7.61. The highest BCUT2D eigenvalue weighted by atomic mass is 16.3. The average Bonchev–Trinajstić information content (AvgIpc) is 2.73. The van der Waals surface area contributed by atoms with Gasteiger partial charge in [-0.1, -0.05) is 20.3 Å². The number of aliphatic hydroxyl groups excluding tert-OH is 1. The van der Waals surface area contributed by atoms with Crippen LogP contribution in [-0.2, 0) is 0 Å². The Bertz CT molecular complexity index is 262. The van der Waals surface area contributed by atoms with Crippen molar-refractivity contribution >= 4 is 0 Å². The molecule has 1 fully saturated rings. The van der Waals surface area contributed by atoms with Crippen LogP contribution < -0.4 is 5.32 Å². The van der Waals surface area contributed by atoms with Crippen LogP contribution in [0.2, 0.25) is 0 Å². The van der Waals surface area contributed by atoms with E-state index in [1.54, 1.807) is 0 Å². The summed E-state index contributed by atoms with van der Waals surface area (Å²) in [5.41, 5.74) is 0.482. The molecule has 1 aliphatic rings. The molecule has 0 spiro atoms. The number of aliphatic hydroxyl groups is 1. The Morgan fingerprint density at radius 2 is 1.95 bits per heavy atom. The highest BCUT2D eigenvalue weighted by molar-refractivity contribution is 4.88. The van der Waals surface area contributed by atoms with Crippen molar-refractivity contribution in [3.05, 3.63) is 0 Å². The zero-order valence-corrected chi connectivity index (χ0v) is 13.6. The van der Waals surface area contributed by atoms with Crippen molar-refractivity contribution in [2.45, 2.75) is 71.9 Å². The van der Waals surface area contributed by atoms with Crippen molar-refractivity contribution < 1.29 is 5.11 Å². The van der Waals surface area contributed by atoms with Gasteiger partial charge in [0.2, 0.25) is 0 Å². The van der Waals surface area contributed by atoms with Crippen LogP contribution in [0.4, 0.5) is 0 Å². The molecule has 0 amide bonds. The SMILES string of the molecule is CCCC(C)(CNC(C)(C)C)CN1CCCC1CO. The fourth-order valence-electron chi connectivity index (χ4n) is 3.11. The van der Waals surface area contributed by atoms with Gasteiger partial charge in [-0.15, -0.1) is 0 Å². The smallest absolute Gasteiger partial charge is 0.0586 e. The van der Waals surface area contributed by atoms with E-state index >= 15 is 0 Å². The van der Waals surface area contributed by atoms with Crippen LogP contribution in [0.3, 0.4) is 0 Å². The van der Waals surface area contributed by atoms with Gasteiger partial charge in [0.25, 0.3) is 0 Å². The average molecular weight is 270 g/mol. The second-order valence-electron chi connectivity index (χ2n) is 7.61. The molecule has 0 aromatic carbocycles. The lowest BCUT2D eigenvalue weighted by molar-refractivity contribution is 0.0989. The molecule has 2 atom stereocenters. The van der Waals surface area contributed by atoms with Gasteiger partial charge in [0.05, 0.1) is 6.61 Å². The molecule has 1 aliphatic heterocycles. The lowest BCUT2D eigenvalue weighted by Gasteiger charge is -2.38. The maximum absolute atomic E-state index is 9.47. The number of likely N-dealkylation sites (tertiary alicyclic amines) is 1. The van der Waals surface area contributed by atoms with Crippen LogP contribution in [0.15, 0.2) is 0 Å². The lowest BCUT2D eigenvalue weighted by atomic mass is 9.84. The fraction of sp³-hybridized carbons (Fsp3) is 1.00. The predicted octanol–water partition coefficient (Wildman–Crippen LogP) is 2.64. The summed E-state index contributed by atoms with van der Waals surface area (Å²) >= 11 is 0. The third-order valence-electron chi connectivity index (χ3n) is 4.19. The van der Waals surface area contributed by atoms with E-state index in [0.717, 1.165) is 26.1 Å². The largest absolute Gasteiger partial charge is 0.395 e. The Hall–Kier alpha value is -0.120. The summed E-state index contributed by atoms with van der Waals surface area (Å²) in [7, 11) is 0. The number of hydrogen-bond donors (Lipinski definition) is 2. The summed E-state index contributed by atoms with van der Waals surface area (Å²) in [6.45, 7) is 15.0. The molecule has 2 unspecified atom stereocenters. The van der Waals surface area contributed by atoms with E-state index in [9.17, 15) is 5.11 Å². The number of nitrogens with one attached hydrogen (secondary N) is 1. The maximum Gasteiger partial charge on any atom is 0.0586 e. The maximum atomic E-state index is 9.47. The third kappa shape index (κ3) is 5.80. The van der Waals surface area contributed by atoms with Crippen molar-refractivity contribution in [1.82, 2.24) is 10.2 Å². The second kappa shape index (κ2) is 7.05. The zero-order valence-electron chi connectivity index (χ0n) is 13.6. The molecule has 0 saturated carbocycles. The lowest BCUT2D eigenvalue weighted by Crippen LogP contribution is -2.48. The van der Waals surface area contributed by atoms with Crippen LogP contribution >= 0.6 is 0 Å². The van der Waals surface area contributed by atoms with Crippen molar-refractivity contribution in [3.63, 3.8) is 0 Å². The van der Waals surface area contributed by atoms with Gasteiger partial charge in [-0.05, 0) is 52.0 Å². The molecule has 114 valence electrons. The molecule has 1 rings (SSSR count). The minimum Gasteiger partial charge on any atom is -0.395 e. The van der Waals surface area contributed by atoms with Gasteiger partial charge in [0, 0.05) is 24.7 Å². The Morgan fingerprint density at radius 3 is 2.47 bits per heavy atom. The van der Waals surface area contributed by atoms with Gasteiger partial charge in [-0.2, -0.15) is 0 Å². The first-order valence-electron chi connectivity index (χ1n) is 7.89. The van der Waals surface area contributed by atoms with Crippen LogP contribution in [-0.4, -0.2) is 47.8 Å². The van der Waals surface area contributed by atoms with Crippen LogP contribution in [0.25, 0.3) is 0 Å². The van der Waals surface area contributed by atoms with Crippen molar-refractivity contribution in [1.29, 1.82) is 0 Å². The highest BCUT2D eigenvalue weighted by Gasteiger charge is 2.32. The number of nitrogens with zero attached hydrogens (tertiary/aromatic N) is 1. The molecule has 19 heavy (non-hydrogen) atoms. The Balaban J connectivity index is 2.59. The predicted molar refractivity (Wildman–Crippen MR) is 82.5 cm³/mol. The highest BCUT2D eigenvalue weighted by Crippen LogP contribution is 2.28. The number of hydrogen-bond acceptors (Lipinski definition) is 3. The van der Waals surface area contributed by atoms with E-state index in [0.29, 0.717) is 18.1 Å². The first-order chi connectivity index (χ1) is 8.79. The van der Waals surface area contributed by atoms with E-state index in [2.05, 4.69) is 44.8 Å². The van der Waals surface area contributed by atoms with Crippen molar-refractivity contribution in [2.75, 3.05) is 26.2 Å². The standard InChI is InChI=1S/C16H34N2O/c1-6-9-16(5,12-17-15(2,3)4)13-18-10-7-8-14(18)11-19/h14,17,19H,6-13H2,1-5H3. The van der Waals surface area contributed by atoms with Gasteiger partial charge in [0.1, 0.15) is 0 Å². The minimum absolute atomic E-state index is 0.177. The molecule has 0 aromatic rings. The molecular formula is C16H34N2O. The molecule has 3 heteroatoms. The molecule has 0 radical (unpaired) electrons. The van der Waals surface area contributed by atoms with Gasteiger partial charge in [0.15, 0.2) is 0 Å². The summed E-state index contributed by atoms with van der Waals surface area (Å²) in [5.74, 6) is 0. The molecule has 0 aromatic heterocycles. The van der Waals surface area contributed by atoms with Crippen LogP contribution in [0.1, 0.15) is 60.3 Å². The van der Waals surface area contributed by atoms with Gasteiger partial charge in [-0.3, -0.25) is 4.90 Å². The summed E-state index contributed by atoms with van der Waals surface area (Å²) in [5, 5.41) is 13.1. The Labute approximate surface area is 119 Å². The zero-order chi connectivity index (χ0) is 14.5. The molecule has 2 N–H and O–H groups in total. The summed E-state index contributed by atoms with van der Waals surface area (Å²) < 4.78 is 0. The van der Waals surface area contributed by atoms with Gasteiger partial charge in [-0.25, -0.2) is 0 Å². The summed E-state index contributed by atoms with van der Waals surface area (Å²) in [6, 6.07) is 0.394. The van der Waals surface area contributed by atoms with Crippen LogP contribution in [0.5, 0.6) is 0 Å². The quantitative estimate of drug-likeness (QED) is 0.746. The van der Waals surface area contributed by atoms with Crippen LogP contribution in [0, 0.1) is 5.41 Å². The molecular weight excluding hydrogens is 236 g/mol. The van der Waals surface area contributed by atoms with E-state index in [-0.39, 0.29) is 5.54 Å². The fourth-order valence-corrected chi connectivity index (χ4v) is 3.11.